The second-order valence-corrected chi connectivity index (χ2v) is 7.30. The van der Waals surface area contributed by atoms with E-state index in [9.17, 15) is 0 Å². The Hall–Kier alpha value is -2.50. The lowest BCUT2D eigenvalue weighted by molar-refractivity contribution is 0.485. The summed E-state index contributed by atoms with van der Waals surface area (Å²) in [6, 6.07) is 24.0. The average Bonchev–Trinajstić information content (AvgIpc) is 3.05. The van der Waals surface area contributed by atoms with Crippen LogP contribution in [0, 0.1) is 0 Å². The van der Waals surface area contributed by atoms with Crippen molar-refractivity contribution in [2.75, 3.05) is 11.6 Å². The molecule has 0 radical (unpaired) electrons. The van der Waals surface area contributed by atoms with E-state index >= 15 is 0 Å². The van der Waals surface area contributed by atoms with Gasteiger partial charge in [0.15, 0.2) is 10.9 Å². The first kappa shape index (κ1) is 16.0. The van der Waals surface area contributed by atoms with Gasteiger partial charge >= 0.3 is 0 Å². The highest BCUT2D eigenvalue weighted by molar-refractivity contribution is 7.98. The second kappa shape index (κ2) is 7.17. The first-order valence-electron chi connectivity index (χ1n) is 7.85. The molecule has 0 saturated carbocycles. The number of hydrogen-bond donors (Lipinski definition) is 1. The fourth-order valence-corrected chi connectivity index (χ4v) is 3.91. The highest BCUT2D eigenvalue weighted by atomic mass is 32.2. The van der Waals surface area contributed by atoms with Crippen LogP contribution in [0.4, 0.5) is 10.8 Å². The molecular formula is C20H16N2OS2. The fraction of sp³-hybridized carbons (Fsp3) is 0.0500. The molecule has 0 aliphatic rings. The number of ether oxygens (including phenoxy) is 1. The zero-order chi connectivity index (χ0) is 17.1. The Balaban J connectivity index is 1.62. The smallest absolute Gasteiger partial charge is 0.188 e. The molecule has 0 atom stereocenters. The number of hydrogen-bond acceptors (Lipinski definition) is 5. The van der Waals surface area contributed by atoms with Crippen LogP contribution in [0.5, 0.6) is 11.5 Å². The summed E-state index contributed by atoms with van der Waals surface area (Å²) in [7, 11) is 0. The predicted molar refractivity (Wildman–Crippen MR) is 108 cm³/mol. The number of aromatic nitrogens is 1. The van der Waals surface area contributed by atoms with Gasteiger partial charge in [-0.3, -0.25) is 0 Å². The molecule has 0 fully saturated rings. The first-order valence-corrected chi connectivity index (χ1v) is 9.89. The molecule has 3 aromatic carbocycles. The maximum atomic E-state index is 6.00. The molecule has 5 heteroatoms. The van der Waals surface area contributed by atoms with Crippen LogP contribution in [0.2, 0.25) is 0 Å². The maximum Gasteiger partial charge on any atom is 0.188 e. The maximum absolute atomic E-state index is 6.00. The molecule has 1 heterocycles. The fourth-order valence-electron chi connectivity index (χ4n) is 2.47. The lowest BCUT2D eigenvalue weighted by atomic mass is 10.3. The van der Waals surface area contributed by atoms with Gasteiger partial charge in [-0.2, -0.15) is 0 Å². The van der Waals surface area contributed by atoms with Crippen molar-refractivity contribution in [2.45, 2.75) is 4.90 Å². The lowest BCUT2D eigenvalue weighted by Crippen LogP contribution is -1.93. The van der Waals surface area contributed by atoms with Gasteiger partial charge in [-0.15, -0.1) is 11.8 Å². The van der Waals surface area contributed by atoms with Crippen molar-refractivity contribution in [3.05, 3.63) is 72.8 Å². The number of para-hydroxylation sites is 3. The third-order valence-electron chi connectivity index (χ3n) is 3.70. The topological polar surface area (TPSA) is 34.2 Å². The van der Waals surface area contributed by atoms with E-state index in [0.29, 0.717) is 0 Å². The Bertz CT molecular complexity index is 999. The third-order valence-corrected chi connectivity index (χ3v) is 5.35. The summed E-state index contributed by atoms with van der Waals surface area (Å²) < 4.78 is 7.18. The van der Waals surface area contributed by atoms with Gasteiger partial charge in [0.1, 0.15) is 5.75 Å². The molecular weight excluding hydrogens is 348 g/mol. The minimum absolute atomic E-state index is 0.776. The van der Waals surface area contributed by atoms with Crippen molar-refractivity contribution in [3.8, 4) is 11.5 Å². The van der Waals surface area contributed by atoms with Crippen molar-refractivity contribution in [3.63, 3.8) is 0 Å². The van der Waals surface area contributed by atoms with E-state index in [-0.39, 0.29) is 0 Å². The Kier molecular flexibility index (Phi) is 4.59. The summed E-state index contributed by atoms with van der Waals surface area (Å²) in [5, 5.41) is 4.25. The van der Waals surface area contributed by atoms with Crippen molar-refractivity contribution in [1.29, 1.82) is 0 Å². The number of nitrogens with zero attached hydrogens (tertiary/aromatic N) is 1. The average molecular weight is 364 g/mol. The summed E-state index contributed by atoms with van der Waals surface area (Å²) in [4.78, 5) is 5.92. The Labute approximate surface area is 154 Å². The van der Waals surface area contributed by atoms with Gasteiger partial charge < -0.3 is 10.1 Å². The van der Waals surface area contributed by atoms with E-state index in [2.05, 4.69) is 34.8 Å². The van der Waals surface area contributed by atoms with E-state index in [4.69, 9.17) is 4.74 Å². The number of rotatable bonds is 5. The Morgan fingerprint density at radius 1 is 0.960 bits per heavy atom. The van der Waals surface area contributed by atoms with Gasteiger partial charge in [0.05, 0.1) is 15.9 Å². The zero-order valence-electron chi connectivity index (χ0n) is 13.6. The number of thioether (sulfide) groups is 1. The Morgan fingerprint density at radius 2 is 1.76 bits per heavy atom. The van der Waals surface area contributed by atoms with Crippen molar-refractivity contribution < 1.29 is 4.74 Å². The molecule has 0 bridgehead atoms. The second-order valence-electron chi connectivity index (χ2n) is 5.39. The molecule has 0 unspecified atom stereocenters. The van der Waals surface area contributed by atoms with Crippen molar-refractivity contribution in [1.82, 2.24) is 4.98 Å². The van der Waals surface area contributed by atoms with Gasteiger partial charge in [0.2, 0.25) is 0 Å². The molecule has 0 aliphatic heterocycles. The van der Waals surface area contributed by atoms with Crippen LogP contribution in [0.1, 0.15) is 0 Å². The summed E-state index contributed by atoms with van der Waals surface area (Å²) in [6.07, 6.45) is 2.08. The normalized spacial score (nSPS) is 10.8. The number of anilines is 2. The highest BCUT2D eigenvalue weighted by Gasteiger charge is 2.09. The van der Waals surface area contributed by atoms with E-state index in [1.807, 2.05) is 54.6 Å². The molecule has 25 heavy (non-hydrogen) atoms. The molecule has 1 N–H and O–H groups in total. The molecule has 4 aromatic rings. The lowest BCUT2D eigenvalue weighted by Gasteiger charge is -2.11. The summed E-state index contributed by atoms with van der Waals surface area (Å²) >= 11 is 3.38. The van der Waals surface area contributed by atoms with Crippen LogP contribution in [0.3, 0.4) is 0 Å². The van der Waals surface area contributed by atoms with Gasteiger partial charge in [-0.25, -0.2) is 4.98 Å². The van der Waals surface area contributed by atoms with Crippen LogP contribution in [-0.2, 0) is 0 Å². The van der Waals surface area contributed by atoms with Crippen LogP contribution in [0.15, 0.2) is 77.7 Å². The van der Waals surface area contributed by atoms with E-state index in [0.717, 1.165) is 27.8 Å². The van der Waals surface area contributed by atoms with Gasteiger partial charge in [0.25, 0.3) is 0 Å². The number of benzene rings is 3. The monoisotopic (exact) mass is 364 g/mol. The largest absolute Gasteiger partial charge is 0.455 e. The number of nitrogens with one attached hydrogen (secondary N) is 1. The predicted octanol–water partition coefficient (Wildman–Crippen LogP) is 6.55. The molecule has 0 aliphatic carbocycles. The quantitative estimate of drug-likeness (QED) is 0.407. The zero-order valence-corrected chi connectivity index (χ0v) is 15.2. The molecule has 0 amide bonds. The van der Waals surface area contributed by atoms with Crippen LogP contribution in [0.25, 0.3) is 10.2 Å². The van der Waals surface area contributed by atoms with E-state index in [1.165, 1.54) is 9.60 Å². The van der Waals surface area contributed by atoms with Gasteiger partial charge in [-0.05, 0) is 48.7 Å². The highest BCUT2D eigenvalue weighted by Crippen LogP contribution is 2.35. The number of thiazole rings is 1. The van der Waals surface area contributed by atoms with Crippen LogP contribution < -0.4 is 10.1 Å². The van der Waals surface area contributed by atoms with Crippen molar-refractivity contribution in [2.24, 2.45) is 0 Å². The molecule has 124 valence electrons. The Morgan fingerprint density at radius 3 is 2.60 bits per heavy atom. The SMILES string of the molecule is CSc1ccc2nc(Nc3ccccc3Oc3ccccc3)sc2c1. The van der Waals surface area contributed by atoms with Crippen LogP contribution in [-0.4, -0.2) is 11.2 Å². The number of fused-ring (bicyclic) bond motifs is 1. The third kappa shape index (κ3) is 3.62. The minimum atomic E-state index is 0.776. The molecule has 0 spiro atoms. The molecule has 3 nitrogen and oxygen atoms in total. The first-order chi connectivity index (χ1) is 12.3. The van der Waals surface area contributed by atoms with E-state index in [1.54, 1.807) is 23.1 Å². The summed E-state index contributed by atoms with van der Waals surface area (Å²) in [6.45, 7) is 0. The molecule has 4 rings (SSSR count). The minimum Gasteiger partial charge on any atom is -0.455 e. The van der Waals surface area contributed by atoms with E-state index < -0.39 is 0 Å². The summed E-state index contributed by atoms with van der Waals surface area (Å²) in [5.41, 5.74) is 1.90. The summed E-state index contributed by atoms with van der Waals surface area (Å²) in [5.74, 6) is 1.59. The van der Waals surface area contributed by atoms with Gasteiger partial charge in [0, 0.05) is 4.90 Å². The van der Waals surface area contributed by atoms with Crippen molar-refractivity contribution >= 4 is 44.1 Å². The molecule has 1 aromatic heterocycles. The van der Waals surface area contributed by atoms with Crippen LogP contribution >= 0.6 is 23.1 Å². The van der Waals surface area contributed by atoms with Gasteiger partial charge in [-0.1, -0.05) is 41.7 Å². The standard InChI is InChI=1S/C20H16N2OS2/c1-24-15-11-12-17-19(13-15)25-20(22-17)21-16-9-5-6-10-18(16)23-14-7-3-2-4-8-14/h2-13H,1H3,(H,21,22). The molecule has 0 saturated heterocycles.